The third kappa shape index (κ3) is 3.90. The van der Waals surface area contributed by atoms with Crippen molar-refractivity contribution < 1.29 is 62.2 Å². The van der Waals surface area contributed by atoms with Crippen LogP contribution < -0.4 is 40.4 Å². The van der Waals surface area contributed by atoms with Crippen LogP contribution in [0.4, 0.5) is 4.79 Å². The quantitative estimate of drug-likeness (QED) is 0.299. The first-order valence-corrected chi connectivity index (χ1v) is 8.97. The molecule has 27 heavy (non-hydrogen) atoms. The van der Waals surface area contributed by atoms with E-state index in [9.17, 15) is 27.9 Å². The second-order valence-electron chi connectivity index (χ2n) is 5.54. The van der Waals surface area contributed by atoms with Gasteiger partial charge < -0.3 is 20.4 Å². The first-order valence-electron chi connectivity index (χ1n) is 7.25. The summed E-state index contributed by atoms with van der Waals surface area (Å²) >= 11 is 0. The van der Waals surface area contributed by atoms with Gasteiger partial charge in [-0.25, -0.2) is 13.2 Å². The fourth-order valence-corrected chi connectivity index (χ4v) is 4.76. The maximum absolute atomic E-state index is 12.5. The summed E-state index contributed by atoms with van der Waals surface area (Å²) in [6.45, 7) is -0.673. The number of fused-ring (bicyclic) bond motifs is 1. The van der Waals surface area contributed by atoms with E-state index in [0.29, 0.717) is 10.6 Å². The van der Waals surface area contributed by atoms with E-state index in [1.807, 2.05) is 0 Å². The van der Waals surface area contributed by atoms with Gasteiger partial charge in [0.15, 0.2) is 15.2 Å². The van der Waals surface area contributed by atoms with Crippen LogP contribution in [-0.4, -0.2) is 54.0 Å². The molecule has 0 bridgehead atoms. The van der Waals surface area contributed by atoms with Crippen LogP contribution in [-0.2, 0) is 24.2 Å². The van der Waals surface area contributed by atoms with E-state index < -0.39 is 51.2 Å². The Morgan fingerprint density at radius 1 is 1.41 bits per heavy atom. The van der Waals surface area contributed by atoms with Crippen LogP contribution in [0.5, 0.6) is 0 Å². The van der Waals surface area contributed by atoms with Gasteiger partial charge in [-0.15, -0.1) is 0 Å². The van der Waals surface area contributed by atoms with Crippen molar-refractivity contribution in [1.82, 2.24) is 9.88 Å². The Labute approximate surface area is 175 Å². The van der Waals surface area contributed by atoms with E-state index in [1.165, 1.54) is 12.3 Å². The van der Waals surface area contributed by atoms with Gasteiger partial charge in [-0.05, 0) is 18.2 Å². The Kier molecular flexibility index (Phi) is 6.10. The van der Waals surface area contributed by atoms with Crippen molar-refractivity contribution in [3.05, 3.63) is 46.9 Å². The molecule has 0 aromatic carbocycles. The van der Waals surface area contributed by atoms with Crippen molar-refractivity contribution in [2.24, 2.45) is 5.73 Å². The second-order valence-corrected chi connectivity index (χ2v) is 7.60. The Bertz CT molecular complexity index is 972. The van der Waals surface area contributed by atoms with Crippen molar-refractivity contribution in [3.8, 4) is 0 Å². The summed E-state index contributed by atoms with van der Waals surface area (Å²) in [6, 6.07) is 4.87. The normalized spacial score (nSPS) is 21.8. The molecule has 0 saturated carbocycles. The molecule has 2 aliphatic rings. The smallest absolute Gasteiger partial charge is 0.543 e. The molecule has 1 aromatic heterocycles. The van der Waals surface area contributed by atoms with Gasteiger partial charge in [-0.1, -0.05) is 6.07 Å². The molecule has 0 aliphatic carbocycles. The summed E-state index contributed by atoms with van der Waals surface area (Å²) < 4.78 is 29.6. The number of aromatic nitrogens is 1. The molecule has 136 valence electrons. The third-order valence-corrected chi connectivity index (χ3v) is 5.73. The van der Waals surface area contributed by atoms with Gasteiger partial charge in [0.25, 0.3) is 5.91 Å². The number of hydrogen-bond donors (Lipinski definition) is 1. The number of rotatable bonds is 4. The summed E-state index contributed by atoms with van der Waals surface area (Å²) in [7, 11) is -3.96. The molecule has 1 aromatic rings. The summed E-state index contributed by atoms with van der Waals surface area (Å²) in [5.74, 6) is -3.27. The fourth-order valence-electron chi connectivity index (χ4n) is 2.82. The number of amides is 2. The minimum atomic E-state index is -3.96. The number of nitrogens with two attached hydrogens (primary N) is 1. The van der Waals surface area contributed by atoms with Gasteiger partial charge >= 0.3 is 35.7 Å². The molecule has 12 heteroatoms. The number of pyridine rings is 1. The number of ether oxygens (including phenoxy) is 1. The molecule has 1 saturated heterocycles. The zero-order valence-corrected chi connectivity index (χ0v) is 16.9. The van der Waals surface area contributed by atoms with Crippen LogP contribution in [0.2, 0.25) is 0 Å². The van der Waals surface area contributed by atoms with Crippen molar-refractivity contribution in [2.45, 2.75) is 5.37 Å². The van der Waals surface area contributed by atoms with Crippen molar-refractivity contribution in [2.75, 3.05) is 12.4 Å². The van der Waals surface area contributed by atoms with Crippen molar-refractivity contribution in [1.29, 1.82) is 0 Å². The summed E-state index contributed by atoms with van der Waals surface area (Å²) in [5.41, 5.74) is 4.15. The molecule has 0 radical (unpaired) electrons. The number of sulfone groups is 1. The maximum Gasteiger partial charge on any atom is 1.00 e. The average Bonchev–Trinajstić information content (AvgIpc) is 2.57. The SMILES string of the molecule is NC(=O)OCC1=C(C(=O)[O-])N2C(=O)/C(=C/c3ccccn3)C2S(=O)(=O)C1.[Na+]. The summed E-state index contributed by atoms with van der Waals surface area (Å²) in [5, 5.41) is 10.0. The van der Waals surface area contributed by atoms with E-state index in [1.54, 1.807) is 18.2 Å². The van der Waals surface area contributed by atoms with E-state index in [2.05, 4.69) is 9.72 Å². The largest absolute Gasteiger partial charge is 1.00 e. The number of carbonyl (C=O) groups excluding carboxylic acids is 3. The van der Waals surface area contributed by atoms with Gasteiger partial charge in [0.05, 0.1) is 28.7 Å². The standard InChI is InChI=1S/C15H13N3O7S.Na/c16-15(22)25-6-8-7-26(23,24)13-10(5-9-3-1-2-4-17-9)12(19)18(13)11(8)14(20)21;/h1-5,13H,6-7H2,(H2,16,22)(H,20,21);/q;+1/p-1/b10-5-;. The van der Waals surface area contributed by atoms with E-state index in [0.717, 1.165) is 0 Å². The zero-order chi connectivity index (χ0) is 19.1. The van der Waals surface area contributed by atoms with Crippen LogP contribution in [0, 0.1) is 0 Å². The number of aliphatic carboxylic acids is 1. The Morgan fingerprint density at radius 3 is 2.67 bits per heavy atom. The average molecular weight is 401 g/mol. The Morgan fingerprint density at radius 2 is 2.11 bits per heavy atom. The van der Waals surface area contributed by atoms with Gasteiger partial charge in [-0.2, -0.15) is 0 Å². The van der Waals surface area contributed by atoms with Gasteiger partial charge in [-0.3, -0.25) is 14.7 Å². The Balaban J connectivity index is 0.00000261. The fraction of sp³-hybridized carbons (Fsp3) is 0.200. The molecule has 2 aliphatic heterocycles. The molecular weight excluding hydrogens is 389 g/mol. The number of hydrogen-bond acceptors (Lipinski definition) is 8. The Hall–Kier alpha value is -2.21. The second kappa shape index (κ2) is 7.80. The summed E-state index contributed by atoms with van der Waals surface area (Å²) in [4.78, 5) is 39.2. The van der Waals surface area contributed by atoms with E-state index in [4.69, 9.17) is 5.73 Å². The van der Waals surface area contributed by atoms with Gasteiger partial charge in [0.2, 0.25) is 0 Å². The van der Waals surface area contributed by atoms with Gasteiger partial charge in [0.1, 0.15) is 6.61 Å². The minimum absolute atomic E-state index is 0. The van der Waals surface area contributed by atoms with Crippen LogP contribution in [0.15, 0.2) is 41.2 Å². The number of β-lactam (4-membered cyclic amide) rings is 1. The predicted molar refractivity (Wildman–Crippen MR) is 84.2 cm³/mol. The maximum atomic E-state index is 12.5. The van der Waals surface area contributed by atoms with Gasteiger partial charge in [0, 0.05) is 11.8 Å². The predicted octanol–water partition coefficient (Wildman–Crippen LogP) is -4.83. The monoisotopic (exact) mass is 401 g/mol. The molecule has 2 amide bonds. The number of carboxylic acids is 1. The van der Waals surface area contributed by atoms with Crippen molar-refractivity contribution >= 4 is 33.9 Å². The van der Waals surface area contributed by atoms with Crippen LogP contribution in [0.25, 0.3) is 6.08 Å². The minimum Gasteiger partial charge on any atom is -0.543 e. The molecule has 1 unspecified atom stereocenters. The van der Waals surface area contributed by atoms with Crippen LogP contribution in [0.3, 0.4) is 0 Å². The first-order chi connectivity index (χ1) is 12.2. The molecule has 0 spiro atoms. The number of carboxylic acid groups (broad SMARTS) is 1. The molecule has 3 heterocycles. The molecule has 3 rings (SSSR count). The number of primary amides is 1. The van der Waals surface area contributed by atoms with E-state index in [-0.39, 0.29) is 40.7 Å². The number of carbonyl (C=O) groups is 3. The molecule has 10 nitrogen and oxygen atoms in total. The van der Waals surface area contributed by atoms with Crippen LogP contribution >= 0.6 is 0 Å². The molecular formula is C15H12N3NaO7S. The molecule has 2 N–H and O–H groups in total. The zero-order valence-electron chi connectivity index (χ0n) is 14.1. The van der Waals surface area contributed by atoms with Crippen LogP contribution in [0.1, 0.15) is 5.69 Å². The molecule has 1 fully saturated rings. The topological polar surface area (TPSA) is 160 Å². The van der Waals surface area contributed by atoms with E-state index >= 15 is 0 Å². The third-order valence-electron chi connectivity index (χ3n) is 3.83. The molecule has 1 atom stereocenters. The summed E-state index contributed by atoms with van der Waals surface area (Å²) in [6.07, 6.45) is 1.55. The number of nitrogens with zero attached hydrogens (tertiary/aromatic N) is 2. The van der Waals surface area contributed by atoms with Crippen molar-refractivity contribution in [3.63, 3.8) is 0 Å². The first kappa shape index (κ1) is 21.1.